The second-order valence-electron chi connectivity index (χ2n) is 4.59. The topological polar surface area (TPSA) is 90.7 Å². The van der Waals surface area contributed by atoms with Crippen molar-refractivity contribution < 1.29 is 22.8 Å². The van der Waals surface area contributed by atoms with Crippen LogP contribution in [0.5, 0.6) is 0 Å². The summed E-state index contributed by atoms with van der Waals surface area (Å²) in [6, 6.07) is 7.27. The SMILES string of the molecule is CCOC(=O)/C(N)=C(\F)C(=NCc1ccccc1F)c1ccon1. The number of allylic oxidation sites excluding steroid dienone is 1. The molecule has 1 heterocycles. The molecule has 2 N–H and O–H groups in total. The molecule has 24 heavy (non-hydrogen) atoms. The van der Waals surface area contributed by atoms with E-state index in [-0.39, 0.29) is 30.1 Å². The molecule has 0 bridgehead atoms. The Labute approximate surface area is 136 Å². The van der Waals surface area contributed by atoms with Gasteiger partial charge in [0.05, 0.1) is 13.2 Å². The number of hydrogen-bond acceptors (Lipinski definition) is 6. The standard InChI is InChI=1S/C16H15F2N3O3/c1-2-23-16(22)14(19)13(18)15(12-7-8-24-21-12)20-9-10-5-3-4-6-11(10)17/h3-8H,2,9,19H2,1H3/b14-13+,20-15?. The lowest BCUT2D eigenvalue weighted by Gasteiger charge is -2.06. The van der Waals surface area contributed by atoms with Crippen molar-refractivity contribution in [2.45, 2.75) is 13.5 Å². The molecule has 0 amide bonds. The number of esters is 1. The molecule has 0 atom stereocenters. The van der Waals surface area contributed by atoms with E-state index in [1.54, 1.807) is 13.0 Å². The molecule has 6 nitrogen and oxygen atoms in total. The monoisotopic (exact) mass is 335 g/mol. The maximum atomic E-state index is 14.5. The van der Waals surface area contributed by atoms with Gasteiger partial charge in [-0.1, -0.05) is 23.4 Å². The van der Waals surface area contributed by atoms with E-state index >= 15 is 0 Å². The number of carbonyl (C=O) groups excluding carboxylic acids is 1. The molecule has 126 valence electrons. The van der Waals surface area contributed by atoms with Gasteiger partial charge >= 0.3 is 5.97 Å². The average Bonchev–Trinajstić information content (AvgIpc) is 3.10. The van der Waals surface area contributed by atoms with Crippen molar-refractivity contribution in [2.24, 2.45) is 10.7 Å². The number of hydrogen-bond donors (Lipinski definition) is 1. The van der Waals surface area contributed by atoms with Gasteiger partial charge in [-0.25, -0.2) is 13.6 Å². The lowest BCUT2D eigenvalue weighted by Crippen LogP contribution is -2.20. The number of aromatic nitrogens is 1. The summed E-state index contributed by atoms with van der Waals surface area (Å²) >= 11 is 0. The molecule has 0 saturated carbocycles. The summed E-state index contributed by atoms with van der Waals surface area (Å²) in [4.78, 5) is 15.6. The zero-order valence-corrected chi connectivity index (χ0v) is 12.8. The summed E-state index contributed by atoms with van der Waals surface area (Å²) in [5, 5.41) is 3.58. The first kappa shape index (κ1) is 17.3. The number of benzene rings is 1. The van der Waals surface area contributed by atoms with Crippen molar-refractivity contribution in [3.63, 3.8) is 0 Å². The molecule has 0 spiro atoms. The van der Waals surface area contributed by atoms with Crippen LogP contribution < -0.4 is 5.73 Å². The molecule has 0 radical (unpaired) electrons. The summed E-state index contributed by atoms with van der Waals surface area (Å²) in [6.07, 6.45) is 1.21. The third-order valence-electron chi connectivity index (χ3n) is 2.99. The van der Waals surface area contributed by atoms with Gasteiger partial charge in [0.15, 0.2) is 11.5 Å². The zero-order valence-electron chi connectivity index (χ0n) is 12.8. The highest BCUT2D eigenvalue weighted by Crippen LogP contribution is 2.15. The van der Waals surface area contributed by atoms with Crippen LogP contribution in [0.2, 0.25) is 0 Å². The molecule has 0 aliphatic heterocycles. The highest BCUT2D eigenvalue weighted by molar-refractivity contribution is 6.13. The van der Waals surface area contributed by atoms with Crippen LogP contribution in [0.25, 0.3) is 0 Å². The molecular formula is C16H15F2N3O3. The molecule has 0 aliphatic rings. The van der Waals surface area contributed by atoms with Gasteiger partial charge in [-0.3, -0.25) is 4.99 Å². The average molecular weight is 335 g/mol. The van der Waals surface area contributed by atoms with Crippen molar-refractivity contribution in [1.29, 1.82) is 0 Å². The van der Waals surface area contributed by atoms with Crippen LogP contribution in [0.3, 0.4) is 0 Å². The Morgan fingerprint density at radius 3 is 2.75 bits per heavy atom. The Bertz CT molecular complexity index is 771. The Morgan fingerprint density at radius 1 is 1.38 bits per heavy atom. The van der Waals surface area contributed by atoms with Crippen molar-refractivity contribution in [3.05, 3.63) is 65.2 Å². The van der Waals surface area contributed by atoms with Gasteiger partial charge in [0.25, 0.3) is 0 Å². The number of ether oxygens (including phenoxy) is 1. The summed E-state index contributed by atoms with van der Waals surface area (Å²) in [7, 11) is 0. The van der Waals surface area contributed by atoms with E-state index in [1.807, 2.05) is 0 Å². The third-order valence-corrected chi connectivity index (χ3v) is 2.99. The number of aliphatic imine (C=N–C) groups is 1. The Morgan fingerprint density at radius 2 is 2.12 bits per heavy atom. The van der Waals surface area contributed by atoms with E-state index in [2.05, 4.69) is 19.4 Å². The molecule has 8 heteroatoms. The van der Waals surface area contributed by atoms with E-state index in [0.29, 0.717) is 0 Å². The van der Waals surface area contributed by atoms with E-state index < -0.39 is 23.3 Å². The van der Waals surface area contributed by atoms with Gasteiger partial charge < -0.3 is 15.0 Å². The van der Waals surface area contributed by atoms with Crippen LogP contribution in [0.15, 0.2) is 57.6 Å². The highest BCUT2D eigenvalue weighted by atomic mass is 19.1. The van der Waals surface area contributed by atoms with Gasteiger partial charge in [0.2, 0.25) is 0 Å². The van der Waals surface area contributed by atoms with Crippen molar-refractivity contribution in [2.75, 3.05) is 6.61 Å². The van der Waals surface area contributed by atoms with Crippen molar-refractivity contribution in [1.82, 2.24) is 5.16 Å². The van der Waals surface area contributed by atoms with Gasteiger partial charge in [-0.05, 0) is 13.0 Å². The van der Waals surface area contributed by atoms with Crippen LogP contribution in [-0.4, -0.2) is 23.4 Å². The lowest BCUT2D eigenvalue weighted by atomic mass is 10.2. The largest absolute Gasteiger partial charge is 0.461 e. The molecule has 2 aromatic rings. The van der Waals surface area contributed by atoms with Gasteiger partial charge in [0, 0.05) is 11.6 Å². The second-order valence-corrected chi connectivity index (χ2v) is 4.59. The van der Waals surface area contributed by atoms with Crippen LogP contribution in [0, 0.1) is 5.82 Å². The highest BCUT2D eigenvalue weighted by Gasteiger charge is 2.21. The van der Waals surface area contributed by atoms with Crippen molar-refractivity contribution >= 4 is 11.7 Å². The molecule has 2 rings (SSSR count). The second kappa shape index (κ2) is 8.00. The van der Waals surface area contributed by atoms with E-state index in [9.17, 15) is 13.6 Å². The molecular weight excluding hydrogens is 320 g/mol. The first-order chi connectivity index (χ1) is 11.5. The van der Waals surface area contributed by atoms with Gasteiger partial charge in [0.1, 0.15) is 23.5 Å². The Hall–Kier alpha value is -3.03. The van der Waals surface area contributed by atoms with E-state index in [1.165, 1.54) is 30.5 Å². The van der Waals surface area contributed by atoms with Gasteiger partial charge in [-0.2, -0.15) is 0 Å². The fraction of sp³-hybridized carbons (Fsp3) is 0.188. The normalized spacial score (nSPS) is 12.7. The Kier molecular flexibility index (Phi) is 5.78. The maximum absolute atomic E-state index is 14.5. The minimum absolute atomic E-state index is 0.0242. The Balaban J connectivity index is 2.39. The van der Waals surface area contributed by atoms with Crippen LogP contribution >= 0.6 is 0 Å². The van der Waals surface area contributed by atoms with Crippen LogP contribution in [0.1, 0.15) is 18.2 Å². The zero-order chi connectivity index (χ0) is 17.5. The first-order valence-corrected chi connectivity index (χ1v) is 7.06. The number of rotatable bonds is 6. The summed E-state index contributed by atoms with van der Waals surface area (Å²) in [5.74, 6) is -2.61. The van der Waals surface area contributed by atoms with E-state index in [0.717, 1.165) is 0 Å². The maximum Gasteiger partial charge on any atom is 0.357 e. The van der Waals surface area contributed by atoms with Crippen LogP contribution in [0.4, 0.5) is 8.78 Å². The molecule has 0 fully saturated rings. The third kappa shape index (κ3) is 4.03. The minimum Gasteiger partial charge on any atom is -0.461 e. The summed E-state index contributed by atoms with van der Waals surface area (Å²) in [5.41, 5.74) is 4.68. The number of nitrogens with zero attached hydrogens (tertiary/aromatic N) is 2. The molecule has 0 unspecified atom stereocenters. The fourth-order valence-electron chi connectivity index (χ4n) is 1.81. The van der Waals surface area contributed by atoms with Crippen LogP contribution in [-0.2, 0) is 16.1 Å². The molecule has 1 aromatic heterocycles. The number of halogens is 2. The van der Waals surface area contributed by atoms with E-state index in [4.69, 9.17) is 5.73 Å². The summed E-state index contributed by atoms with van der Waals surface area (Å²) < 4.78 is 37.5. The molecule has 0 saturated heterocycles. The number of nitrogens with two attached hydrogens (primary N) is 1. The minimum atomic E-state index is -1.11. The molecule has 1 aromatic carbocycles. The quantitative estimate of drug-likeness (QED) is 0.497. The number of carbonyl (C=O) groups is 1. The predicted molar refractivity (Wildman–Crippen MR) is 82.1 cm³/mol. The molecule has 0 aliphatic carbocycles. The summed E-state index contributed by atoms with van der Waals surface area (Å²) in [6.45, 7) is 1.44. The predicted octanol–water partition coefficient (Wildman–Crippen LogP) is 2.51. The first-order valence-electron chi connectivity index (χ1n) is 7.06. The fourth-order valence-corrected chi connectivity index (χ4v) is 1.81. The lowest BCUT2D eigenvalue weighted by molar-refractivity contribution is -0.138. The van der Waals surface area contributed by atoms with Gasteiger partial charge in [-0.15, -0.1) is 0 Å². The smallest absolute Gasteiger partial charge is 0.357 e. The van der Waals surface area contributed by atoms with Crippen molar-refractivity contribution in [3.8, 4) is 0 Å².